The molecule has 0 fully saturated rings. The molecule has 2 aromatic carbocycles. The number of ether oxygens (including phenoxy) is 2. The molecular formula is C16H13FO3. The number of halogens is 1. The van der Waals surface area contributed by atoms with Gasteiger partial charge in [-0.1, -0.05) is 24.8 Å². The van der Waals surface area contributed by atoms with Crippen LogP contribution in [0.4, 0.5) is 4.39 Å². The lowest BCUT2D eigenvalue weighted by molar-refractivity contribution is -0.128. The fourth-order valence-electron chi connectivity index (χ4n) is 1.72. The van der Waals surface area contributed by atoms with Gasteiger partial charge in [-0.05, 0) is 35.4 Å². The van der Waals surface area contributed by atoms with Crippen LogP contribution in [0, 0.1) is 5.82 Å². The maximum atomic E-state index is 13.6. The van der Waals surface area contributed by atoms with E-state index in [1.54, 1.807) is 36.4 Å². The largest absolute Gasteiger partial charge is 0.494 e. The van der Waals surface area contributed by atoms with E-state index in [0.29, 0.717) is 11.3 Å². The zero-order valence-corrected chi connectivity index (χ0v) is 10.9. The summed E-state index contributed by atoms with van der Waals surface area (Å²) in [5.74, 6) is -0.335. The lowest BCUT2D eigenvalue weighted by Gasteiger charge is -2.06. The number of carbonyl (C=O) groups excluding carboxylic acids is 1. The Morgan fingerprint density at radius 3 is 2.35 bits per heavy atom. The highest BCUT2D eigenvalue weighted by atomic mass is 19.1. The minimum absolute atomic E-state index is 0.199. The molecule has 2 rings (SSSR count). The van der Waals surface area contributed by atoms with Crippen LogP contribution in [0.2, 0.25) is 0 Å². The van der Waals surface area contributed by atoms with Gasteiger partial charge in [-0.2, -0.15) is 0 Å². The molecule has 2 aromatic rings. The molecule has 0 aliphatic carbocycles. The van der Waals surface area contributed by atoms with Crippen molar-refractivity contribution in [2.75, 3.05) is 7.11 Å². The van der Waals surface area contributed by atoms with Gasteiger partial charge in [0, 0.05) is 6.08 Å². The molecule has 0 N–H and O–H groups in total. The summed E-state index contributed by atoms with van der Waals surface area (Å²) in [6.45, 7) is 3.32. The normalized spacial score (nSPS) is 9.90. The van der Waals surface area contributed by atoms with Crippen molar-refractivity contribution in [2.24, 2.45) is 0 Å². The van der Waals surface area contributed by atoms with Gasteiger partial charge in [0.25, 0.3) is 0 Å². The first-order valence-electron chi connectivity index (χ1n) is 5.92. The first-order chi connectivity index (χ1) is 9.63. The van der Waals surface area contributed by atoms with Gasteiger partial charge in [-0.15, -0.1) is 0 Å². The fraction of sp³-hybridized carbons (Fsp3) is 0.0625. The second-order valence-corrected chi connectivity index (χ2v) is 4.00. The molecule has 0 spiro atoms. The molecule has 3 nitrogen and oxygen atoms in total. The molecule has 0 radical (unpaired) electrons. The molecule has 0 aliphatic heterocycles. The van der Waals surface area contributed by atoms with Gasteiger partial charge in [0.2, 0.25) is 0 Å². The molecule has 0 aliphatic rings. The number of rotatable bonds is 4. The Labute approximate surface area is 116 Å². The van der Waals surface area contributed by atoms with Crippen LogP contribution in [0.15, 0.2) is 55.1 Å². The van der Waals surface area contributed by atoms with Crippen LogP contribution in [0.5, 0.6) is 11.5 Å². The van der Waals surface area contributed by atoms with Crippen molar-refractivity contribution < 1.29 is 18.7 Å². The summed E-state index contributed by atoms with van der Waals surface area (Å²) in [6, 6.07) is 11.5. The van der Waals surface area contributed by atoms with E-state index in [9.17, 15) is 9.18 Å². The Morgan fingerprint density at radius 1 is 1.15 bits per heavy atom. The van der Waals surface area contributed by atoms with Crippen LogP contribution in [-0.2, 0) is 4.79 Å². The molecule has 0 atom stereocenters. The van der Waals surface area contributed by atoms with E-state index in [1.807, 2.05) is 0 Å². The van der Waals surface area contributed by atoms with Crippen molar-refractivity contribution in [3.8, 4) is 22.6 Å². The van der Waals surface area contributed by atoms with Crippen LogP contribution in [-0.4, -0.2) is 13.1 Å². The van der Waals surface area contributed by atoms with Crippen molar-refractivity contribution in [1.82, 2.24) is 0 Å². The lowest BCUT2D eigenvalue weighted by atomic mass is 10.1. The Bertz CT molecular complexity index is 633. The van der Waals surface area contributed by atoms with Crippen LogP contribution in [0.25, 0.3) is 11.1 Å². The molecule has 0 heterocycles. The van der Waals surface area contributed by atoms with E-state index in [1.165, 1.54) is 13.2 Å². The van der Waals surface area contributed by atoms with E-state index in [0.717, 1.165) is 11.6 Å². The quantitative estimate of drug-likeness (QED) is 0.484. The monoisotopic (exact) mass is 272 g/mol. The molecule has 4 heteroatoms. The van der Waals surface area contributed by atoms with Crippen molar-refractivity contribution in [2.45, 2.75) is 0 Å². The first-order valence-corrected chi connectivity index (χ1v) is 5.92. The predicted octanol–water partition coefficient (Wildman–Crippen LogP) is 3.59. The first kappa shape index (κ1) is 13.8. The SMILES string of the molecule is C=CC(=O)Oc1ccc(-c2ccc(OC)c(F)c2)cc1. The number of hydrogen-bond acceptors (Lipinski definition) is 3. The van der Waals surface area contributed by atoms with E-state index < -0.39 is 11.8 Å². The number of methoxy groups -OCH3 is 1. The zero-order chi connectivity index (χ0) is 14.5. The summed E-state index contributed by atoms with van der Waals surface area (Å²) in [7, 11) is 1.42. The van der Waals surface area contributed by atoms with Gasteiger partial charge in [-0.3, -0.25) is 0 Å². The molecule has 20 heavy (non-hydrogen) atoms. The van der Waals surface area contributed by atoms with Crippen LogP contribution in [0.1, 0.15) is 0 Å². The summed E-state index contributed by atoms with van der Waals surface area (Å²) in [6.07, 6.45) is 1.09. The standard InChI is InChI=1S/C16H13FO3/c1-3-16(18)20-13-7-4-11(5-8-13)12-6-9-15(19-2)14(17)10-12/h3-10H,1H2,2H3. The van der Waals surface area contributed by atoms with E-state index in [-0.39, 0.29) is 5.75 Å². The third-order valence-corrected chi connectivity index (χ3v) is 2.72. The average Bonchev–Trinajstić information content (AvgIpc) is 2.47. The van der Waals surface area contributed by atoms with Gasteiger partial charge in [0.05, 0.1) is 7.11 Å². The van der Waals surface area contributed by atoms with Crippen LogP contribution >= 0.6 is 0 Å². The lowest BCUT2D eigenvalue weighted by Crippen LogP contribution is -2.02. The minimum atomic E-state index is -0.520. The zero-order valence-electron chi connectivity index (χ0n) is 10.9. The third kappa shape index (κ3) is 3.03. The van der Waals surface area contributed by atoms with Crippen molar-refractivity contribution in [3.63, 3.8) is 0 Å². The number of benzene rings is 2. The summed E-state index contributed by atoms with van der Waals surface area (Å²) in [4.78, 5) is 11.0. The van der Waals surface area contributed by atoms with Gasteiger partial charge in [0.1, 0.15) is 5.75 Å². The molecule has 102 valence electrons. The van der Waals surface area contributed by atoms with Crippen molar-refractivity contribution in [3.05, 3.63) is 60.9 Å². The molecule has 0 bridgehead atoms. The van der Waals surface area contributed by atoms with E-state index >= 15 is 0 Å². The number of hydrogen-bond donors (Lipinski definition) is 0. The topological polar surface area (TPSA) is 35.5 Å². The maximum Gasteiger partial charge on any atom is 0.335 e. The molecule has 0 saturated carbocycles. The Kier molecular flexibility index (Phi) is 4.15. The summed E-state index contributed by atoms with van der Waals surface area (Å²) in [5.41, 5.74) is 1.52. The highest BCUT2D eigenvalue weighted by Gasteiger charge is 2.06. The van der Waals surface area contributed by atoms with Crippen LogP contribution in [0.3, 0.4) is 0 Å². The fourth-order valence-corrected chi connectivity index (χ4v) is 1.72. The van der Waals surface area contributed by atoms with Gasteiger partial charge in [-0.25, -0.2) is 9.18 Å². The highest BCUT2D eigenvalue weighted by molar-refractivity contribution is 5.83. The molecule has 0 saturated heterocycles. The number of esters is 1. The van der Waals surface area contributed by atoms with Gasteiger partial charge < -0.3 is 9.47 Å². The summed E-state index contributed by atoms with van der Waals surface area (Å²) < 4.78 is 23.5. The Morgan fingerprint density at radius 2 is 1.80 bits per heavy atom. The smallest absolute Gasteiger partial charge is 0.335 e. The van der Waals surface area contributed by atoms with Crippen LogP contribution < -0.4 is 9.47 Å². The predicted molar refractivity (Wildman–Crippen MR) is 74.2 cm³/mol. The minimum Gasteiger partial charge on any atom is -0.494 e. The third-order valence-electron chi connectivity index (χ3n) is 2.72. The molecule has 0 aromatic heterocycles. The van der Waals surface area contributed by atoms with Crippen molar-refractivity contribution in [1.29, 1.82) is 0 Å². The van der Waals surface area contributed by atoms with E-state index in [2.05, 4.69) is 6.58 Å². The van der Waals surface area contributed by atoms with Gasteiger partial charge >= 0.3 is 5.97 Å². The Hall–Kier alpha value is -2.62. The number of carbonyl (C=O) groups is 1. The molecule has 0 unspecified atom stereocenters. The highest BCUT2D eigenvalue weighted by Crippen LogP contribution is 2.26. The van der Waals surface area contributed by atoms with E-state index in [4.69, 9.17) is 9.47 Å². The maximum absolute atomic E-state index is 13.6. The van der Waals surface area contributed by atoms with Gasteiger partial charge in [0.15, 0.2) is 11.6 Å². The Balaban J connectivity index is 2.23. The molecular weight excluding hydrogens is 259 g/mol. The van der Waals surface area contributed by atoms with Crippen molar-refractivity contribution >= 4 is 5.97 Å². The summed E-state index contributed by atoms with van der Waals surface area (Å²) in [5, 5.41) is 0. The molecule has 0 amide bonds. The average molecular weight is 272 g/mol. The summed E-state index contributed by atoms with van der Waals surface area (Å²) >= 11 is 0. The second kappa shape index (κ2) is 6.02. The second-order valence-electron chi connectivity index (χ2n) is 4.00.